The van der Waals surface area contributed by atoms with Gasteiger partial charge in [0.25, 0.3) is 0 Å². The molecule has 2 aliphatic rings. The summed E-state index contributed by atoms with van der Waals surface area (Å²) in [6.45, 7) is 10.8. The molecule has 3 aromatic rings. The quantitative estimate of drug-likeness (QED) is 0.401. The summed E-state index contributed by atoms with van der Waals surface area (Å²) in [4.78, 5) is 2.59. The van der Waals surface area contributed by atoms with E-state index in [1.165, 1.54) is 44.8 Å². The number of halogens is 1. The van der Waals surface area contributed by atoms with E-state index in [2.05, 4.69) is 86.3 Å². The lowest BCUT2D eigenvalue weighted by Crippen LogP contribution is -3.00. The molecule has 144 valence electrons. The Balaban J connectivity index is 0.00000192. The monoisotopic (exact) mass is 482 g/mol. The number of benzene rings is 3. The second kappa shape index (κ2) is 7.20. The molecular weight excluding hydrogens is 455 g/mol. The molecule has 0 fully saturated rings. The third-order valence-electron chi connectivity index (χ3n) is 6.20. The van der Waals surface area contributed by atoms with Gasteiger partial charge in [-0.25, -0.2) is 0 Å². The summed E-state index contributed by atoms with van der Waals surface area (Å²) in [6, 6.07) is 23.1. The van der Waals surface area contributed by atoms with Crippen LogP contribution in [0, 0.1) is 20.8 Å². The average molecular weight is 482 g/mol. The highest BCUT2D eigenvalue weighted by atomic mass is 127. The fourth-order valence-corrected chi connectivity index (χ4v) is 4.97. The van der Waals surface area contributed by atoms with E-state index in [0.717, 1.165) is 30.8 Å². The van der Waals surface area contributed by atoms with Crippen LogP contribution in [-0.2, 0) is 19.6 Å². The maximum Gasteiger partial charge on any atom is 0.160 e. The second-order valence-electron chi connectivity index (χ2n) is 8.55. The van der Waals surface area contributed by atoms with E-state index in [4.69, 9.17) is 0 Å². The van der Waals surface area contributed by atoms with Gasteiger partial charge in [-0.2, -0.15) is 0 Å². The first-order valence-corrected chi connectivity index (χ1v) is 9.89. The summed E-state index contributed by atoms with van der Waals surface area (Å²) >= 11 is 0. The summed E-state index contributed by atoms with van der Waals surface area (Å²) in [7, 11) is 0. The number of aryl methyl sites for hydroxylation is 3. The van der Waals surface area contributed by atoms with Gasteiger partial charge in [-0.05, 0) is 45.0 Å². The van der Waals surface area contributed by atoms with Gasteiger partial charge in [0.15, 0.2) is 6.67 Å². The van der Waals surface area contributed by atoms with Crippen LogP contribution in [0.3, 0.4) is 0 Å². The molecule has 3 heteroatoms. The van der Waals surface area contributed by atoms with Crippen LogP contribution in [0.25, 0.3) is 0 Å². The molecule has 0 aliphatic carbocycles. The van der Waals surface area contributed by atoms with Crippen LogP contribution >= 0.6 is 0 Å². The molecule has 0 aromatic heterocycles. The molecule has 2 heterocycles. The maximum absolute atomic E-state index is 2.59. The molecule has 0 amide bonds. The number of quaternary nitrogens is 1. The minimum atomic E-state index is 0. The lowest BCUT2D eigenvalue weighted by Gasteiger charge is -2.51. The minimum Gasteiger partial charge on any atom is -1.00 e. The maximum atomic E-state index is 2.59. The average Bonchev–Trinajstić information content (AvgIpc) is 2.63. The molecule has 1 atom stereocenters. The zero-order valence-electron chi connectivity index (χ0n) is 16.9. The first kappa shape index (κ1) is 19.5. The fourth-order valence-electron chi connectivity index (χ4n) is 4.97. The Kier molecular flexibility index (Phi) is 5.00. The summed E-state index contributed by atoms with van der Waals surface area (Å²) < 4.78 is 0.995. The van der Waals surface area contributed by atoms with Crippen LogP contribution in [-0.4, -0.2) is 6.67 Å². The van der Waals surface area contributed by atoms with Crippen LogP contribution in [0.4, 0.5) is 11.4 Å². The zero-order valence-corrected chi connectivity index (χ0v) is 19.0. The van der Waals surface area contributed by atoms with Crippen molar-refractivity contribution in [3.63, 3.8) is 0 Å². The molecule has 0 saturated carbocycles. The Hall–Kier alpha value is -1.85. The van der Waals surface area contributed by atoms with Gasteiger partial charge in [0.2, 0.25) is 0 Å². The normalized spacial score (nSPS) is 19.5. The molecule has 28 heavy (non-hydrogen) atoms. The number of fused-ring (bicyclic) bond motifs is 6. The molecule has 0 saturated heterocycles. The third kappa shape index (κ3) is 3.25. The minimum absolute atomic E-state index is 0. The van der Waals surface area contributed by atoms with Gasteiger partial charge in [0.1, 0.15) is 18.8 Å². The van der Waals surface area contributed by atoms with Crippen molar-refractivity contribution in [3.05, 3.63) is 94.0 Å². The summed E-state index contributed by atoms with van der Waals surface area (Å²) in [5.74, 6) is 0. The number of rotatable bonds is 2. The van der Waals surface area contributed by atoms with Crippen LogP contribution in [0.5, 0.6) is 0 Å². The molecule has 0 radical (unpaired) electrons. The molecule has 2 bridgehead atoms. The highest BCUT2D eigenvalue weighted by Crippen LogP contribution is 2.44. The number of hydrogen-bond acceptors (Lipinski definition) is 1. The van der Waals surface area contributed by atoms with E-state index in [9.17, 15) is 0 Å². The van der Waals surface area contributed by atoms with Crippen molar-refractivity contribution in [1.82, 2.24) is 4.48 Å². The van der Waals surface area contributed by atoms with Crippen LogP contribution < -0.4 is 33.4 Å². The van der Waals surface area contributed by atoms with Crippen molar-refractivity contribution in [2.75, 3.05) is 11.6 Å². The van der Waals surface area contributed by atoms with Crippen molar-refractivity contribution in [2.24, 2.45) is 0 Å². The van der Waals surface area contributed by atoms with Gasteiger partial charge in [-0.15, -0.1) is 0 Å². The molecule has 2 nitrogen and oxygen atoms in total. The molecule has 3 aromatic carbocycles. The lowest BCUT2D eigenvalue weighted by molar-refractivity contribution is -0.00000585. The highest BCUT2D eigenvalue weighted by molar-refractivity contribution is 5.66. The van der Waals surface area contributed by atoms with Crippen molar-refractivity contribution in [2.45, 2.75) is 40.4 Å². The first-order valence-electron chi connectivity index (χ1n) is 9.89. The molecule has 2 aliphatic heterocycles. The van der Waals surface area contributed by atoms with Crippen LogP contribution in [0.2, 0.25) is 0 Å². The number of nitrogens with zero attached hydrogens (tertiary/aromatic N) is 2. The Morgan fingerprint density at radius 1 is 0.786 bits per heavy atom. The van der Waals surface area contributed by atoms with Crippen LogP contribution in [0.15, 0.2) is 60.7 Å². The second-order valence-corrected chi connectivity index (χ2v) is 8.55. The summed E-state index contributed by atoms with van der Waals surface area (Å²) in [5.41, 5.74) is 11.4. The van der Waals surface area contributed by atoms with E-state index in [1.54, 1.807) is 0 Å². The third-order valence-corrected chi connectivity index (χ3v) is 6.20. The Morgan fingerprint density at radius 2 is 1.43 bits per heavy atom. The molecule has 5 rings (SSSR count). The molecule has 1 unspecified atom stereocenters. The smallest absolute Gasteiger partial charge is 0.160 e. The van der Waals surface area contributed by atoms with Crippen molar-refractivity contribution in [3.8, 4) is 0 Å². The molecule has 0 N–H and O–H groups in total. The van der Waals surface area contributed by atoms with Gasteiger partial charge >= 0.3 is 0 Å². The van der Waals surface area contributed by atoms with E-state index in [0.29, 0.717) is 0 Å². The van der Waals surface area contributed by atoms with E-state index >= 15 is 0 Å². The summed E-state index contributed by atoms with van der Waals surface area (Å²) in [6.07, 6.45) is 0. The van der Waals surface area contributed by atoms with Crippen molar-refractivity contribution >= 4 is 11.4 Å². The predicted octanol–water partition coefficient (Wildman–Crippen LogP) is 2.61. The van der Waals surface area contributed by atoms with Gasteiger partial charge < -0.3 is 28.9 Å². The lowest BCUT2D eigenvalue weighted by atomic mass is 9.95. The van der Waals surface area contributed by atoms with E-state index in [-0.39, 0.29) is 24.0 Å². The van der Waals surface area contributed by atoms with Gasteiger partial charge in [0, 0.05) is 16.7 Å². The van der Waals surface area contributed by atoms with Crippen LogP contribution in [0.1, 0.15) is 33.4 Å². The number of hydrogen-bond donors (Lipinski definition) is 0. The predicted molar refractivity (Wildman–Crippen MR) is 114 cm³/mol. The van der Waals surface area contributed by atoms with E-state index in [1.807, 2.05) is 0 Å². The SMILES string of the molecule is Cc1ccc(C[N+]23Cc4cc(C)ccc4N(Cc4cc(C)ccc42)C3)cc1.[I-]. The van der Waals surface area contributed by atoms with Gasteiger partial charge in [0.05, 0.1) is 12.2 Å². The van der Waals surface area contributed by atoms with Gasteiger partial charge in [-0.1, -0.05) is 53.1 Å². The highest BCUT2D eigenvalue weighted by Gasteiger charge is 2.44. The Labute approximate surface area is 185 Å². The van der Waals surface area contributed by atoms with Crippen molar-refractivity contribution < 1.29 is 24.0 Å². The molecule has 0 spiro atoms. The number of anilines is 1. The van der Waals surface area contributed by atoms with Gasteiger partial charge in [-0.3, -0.25) is 4.48 Å². The zero-order chi connectivity index (χ0) is 18.6. The largest absolute Gasteiger partial charge is 1.00 e. The Bertz CT molecular complexity index is 1030. The summed E-state index contributed by atoms with van der Waals surface area (Å²) in [5, 5.41) is 0. The Morgan fingerprint density at radius 3 is 2.18 bits per heavy atom. The first-order chi connectivity index (χ1) is 13.0. The van der Waals surface area contributed by atoms with E-state index < -0.39 is 0 Å². The topological polar surface area (TPSA) is 3.24 Å². The van der Waals surface area contributed by atoms with Crippen molar-refractivity contribution in [1.29, 1.82) is 0 Å². The fraction of sp³-hybridized carbons (Fsp3) is 0.280. The molecular formula is C25H27IN2. The standard InChI is InChI=1S/C25H27N2.HI/c1-18-4-8-21(9-5-18)15-27-16-23-13-19(2)6-10-24(23)26(17-27)14-22-12-20(3)7-11-25(22)27;/h4-13H,14-17H2,1-3H3;1H/q+1;/p-1.